The van der Waals surface area contributed by atoms with E-state index in [9.17, 15) is 14.0 Å². The molecule has 2 aromatic heterocycles. The standard InChI is InChI=1S/C15H15FN4O3/c1-2-23-13(22)15-6-14(16,7-15)8-20-11(18-19-12(15)20)9-3-4-17-10(21)5-9/h3-5H,2,6-8H2,1H3,(H,17,21). The number of aromatic amines is 1. The van der Waals surface area contributed by atoms with Gasteiger partial charge in [0.1, 0.15) is 11.1 Å². The molecular formula is C15H15FN4O3. The quantitative estimate of drug-likeness (QED) is 0.851. The average molecular weight is 318 g/mol. The maximum absolute atomic E-state index is 14.8. The van der Waals surface area contributed by atoms with Gasteiger partial charge in [-0.1, -0.05) is 0 Å². The molecule has 1 saturated carbocycles. The molecule has 3 aliphatic rings. The number of rotatable bonds is 3. The Labute approximate surface area is 130 Å². The number of nitrogens with zero attached hydrogens (tertiary/aromatic N) is 3. The summed E-state index contributed by atoms with van der Waals surface area (Å²) >= 11 is 0. The SMILES string of the molecule is CCOC(=O)C12CC(F)(Cn3c(-c4cc[nH]c(=O)c4)nnc31)C2. The van der Waals surface area contributed by atoms with Crippen molar-refractivity contribution in [3.05, 3.63) is 34.5 Å². The van der Waals surface area contributed by atoms with E-state index in [-0.39, 0.29) is 31.6 Å². The predicted octanol–water partition coefficient (Wildman–Crippen LogP) is 0.950. The molecule has 1 N–H and O–H groups in total. The van der Waals surface area contributed by atoms with Crippen LogP contribution in [-0.2, 0) is 21.5 Å². The van der Waals surface area contributed by atoms with E-state index in [0.717, 1.165) is 0 Å². The molecule has 0 spiro atoms. The summed E-state index contributed by atoms with van der Waals surface area (Å²) in [6, 6.07) is 3.04. The molecule has 2 aromatic rings. The van der Waals surface area contributed by atoms with Gasteiger partial charge in [-0.2, -0.15) is 0 Å². The minimum absolute atomic E-state index is 0.0757. The van der Waals surface area contributed by atoms with Crippen LogP contribution in [0.2, 0.25) is 0 Å². The first kappa shape index (κ1) is 14.1. The van der Waals surface area contributed by atoms with Crippen LogP contribution in [0.5, 0.6) is 0 Å². The van der Waals surface area contributed by atoms with Crippen molar-refractivity contribution in [3.63, 3.8) is 0 Å². The Bertz CT molecular complexity index is 850. The first-order chi connectivity index (χ1) is 11.0. The topological polar surface area (TPSA) is 89.9 Å². The summed E-state index contributed by atoms with van der Waals surface area (Å²) < 4.78 is 21.5. The number of aromatic nitrogens is 4. The van der Waals surface area contributed by atoms with Gasteiger partial charge in [0.05, 0.1) is 13.2 Å². The number of hydrogen-bond donors (Lipinski definition) is 1. The fourth-order valence-corrected chi connectivity index (χ4v) is 3.69. The monoisotopic (exact) mass is 318 g/mol. The molecule has 0 atom stereocenters. The lowest BCUT2D eigenvalue weighted by molar-refractivity contribution is -0.168. The van der Waals surface area contributed by atoms with Crippen molar-refractivity contribution >= 4 is 5.97 Å². The lowest BCUT2D eigenvalue weighted by Gasteiger charge is -2.53. The number of alkyl halides is 1. The molecule has 2 aliphatic heterocycles. The zero-order valence-electron chi connectivity index (χ0n) is 12.5. The number of nitrogens with one attached hydrogen (secondary N) is 1. The third-order valence-corrected chi connectivity index (χ3v) is 4.56. The van der Waals surface area contributed by atoms with Crippen LogP contribution in [0.15, 0.2) is 23.1 Å². The van der Waals surface area contributed by atoms with E-state index < -0.39 is 17.1 Å². The van der Waals surface area contributed by atoms with E-state index in [1.54, 1.807) is 17.6 Å². The number of pyridine rings is 1. The Hall–Kier alpha value is -2.51. The molecule has 0 unspecified atom stereocenters. The minimum atomic E-state index is -1.46. The summed E-state index contributed by atoms with van der Waals surface area (Å²) in [6.07, 6.45) is 1.65. The zero-order chi connectivity index (χ0) is 16.2. The first-order valence-corrected chi connectivity index (χ1v) is 7.46. The van der Waals surface area contributed by atoms with Gasteiger partial charge in [0.25, 0.3) is 0 Å². The zero-order valence-corrected chi connectivity index (χ0v) is 12.5. The molecule has 2 bridgehead atoms. The molecular weight excluding hydrogens is 303 g/mol. The second-order valence-electron chi connectivity index (χ2n) is 6.18. The van der Waals surface area contributed by atoms with E-state index in [0.29, 0.717) is 17.2 Å². The molecule has 8 heteroatoms. The second kappa shape index (κ2) is 4.50. The molecule has 0 radical (unpaired) electrons. The van der Waals surface area contributed by atoms with E-state index in [1.165, 1.54) is 12.3 Å². The Balaban J connectivity index is 1.84. The highest BCUT2D eigenvalue weighted by molar-refractivity contribution is 5.85. The average Bonchev–Trinajstić information content (AvgIpc) is 2.90. The third kappa shape index (κ3) is 1.87. The van der Waals surface area contributed by atoms with Gasteiger partial charge in [-0.15, -0.1) is 10.2 Å². The molecule has 1 fully saturated rings. The molecule has 0 amide bonds. The molecule has 23 heavy (non-hydrogen) atoms. The van der Waals surface area contributed by atoms with Gasteiger partial charge in [-0.25, -0.2) is 4.39 Å². The number of halogens is 1. The third-order valence-electron chi connectivity index (χ3n) is 4.56. The second-order valence-corrected chi connectivity index (χ2v) is 6.18. The van der Waals surface area contributed by atoms with Crippen LogP contribution >= 0.6 is 0 Å². The molecule has 4 heterocycles. The summed E-state index contributed by atoms with van der Waals surface area (Å²) in [7, 11) is 0. The van der Waals surface area contributed by atoms with Crippen LogP contribution in [0.25, 0.3) is 11.4 Å². The highest BCUT2D eigenvalue weighted by Gasteiger charge is 2.67. The van der Waals surface area contributed by atoms with E-state index >= 15 is 0 Å². The van der Waals surface area contributed by atoms with Crippen LogP contribution < -0.4 is 5.56 Å². The Kier molecular flexibility index (Phi) is 2.76. The summed E-state index contributed by atoms with van der Waals surface area (Å²) in [5.74, 6) is 0.353. The van der Waals surface area contributed by atoms with Crippen LogP contribution in [0.4, 0.5) is 4.39 Å². The molecule has 7 nitrogen and oxygen atoms in total. The number of H-pyrrole nitrogens is 1. The number of carbonyl (C=O) groups is 1. The largest absolute Gasteiger partial charge is 0.465 e. The van der Waals surface area contributed by atoms with Gasteiger partial charge >= 0.3 is 5.97 Å². The number of ether oxygens (including phenoxy) is 1. The van der Waals surface area contributed by atoms with Gasteiger partial charge < -0.3 is 14.3 Å². The van der Waals surface area contributed by atoms with Gasteiger partial charge in [0, 0.05) is 30.7 Å². The lowest BCUT2D eigenvalue weighted by Crippen LogP contribution is -2.63. The van der Waals surface area contributed by atoms with Crippen molar-refractivity contribution in [2.24, 2.45) is 0 Å². The molecule has 120 valence electrons. The van der Waals surface area contributed by atoms with Crippen molar-refractivity contribution in [1.82, 2.24) is 19.7 Å². The van der Waals surface area contributed by atoms with Gasteiger partial charge in [0.2, 0.25) is 5.56 Å². The van der Waals surface area contributed by atoms with E-state index in [1.807, 2.05) is 0 Å². The number of hydrogen-bond acceptors (Lipinski definition) is 5. The summed E-state index contributed by atoms with van der Waals surface area (Å²) in [5, 5.41) is 8.21. The molecule has 0 saturated heterocycles. The van der Waals surface area contributed by atoms with Crippen LogP contribution in [0.1, 0.15) is 25.6 Å². The normalized spacial score (nSPS) is 27.9. The fraction of sp³-hybridized carbons (Fsp3) is 0.467. The lowest BCUT2D eigenvalue weighted by atomic mass is 9.57. The van der Waals surface area contributed by atoms with Gasteiger partial charge in [-0.3, -0.25) is 9.59 Å². The Morgan fingerprint density at radius 2 is 2.26 bits per heavy atom. The highest BCUT2D eigenvalue weighted by atomic mass is 19.1. The maximum atomic E-state index is 14.8. The van der Waals surface area contributed by atoms with Crippen molar-refractivity contribution in [2.75, 3.05) is 6.61 Å². The van der Waals surface area contributed by atoms with E-state index in [2.05, 4.69) is 15.2 Å². The van der Waals surface area contributed by atoms with Crippen LogP contribution in [0.3, 0.4) is 0 Å². The summed E-state index contributed by atoms with van der Waals surface area (Å²) in [6.45, 7) is 2.03. The van der Waals surface area contributed by atoms with Gasteiger partial charge in [-0.05, 0) is 13.0 Å². The Morgan fingerprint density at radius 3 is 2.96 bits per heavy atom. The molecule has 1 aliphatic carbocycles. The van der Waals surface area contributed by atoms with Crippen LogP contribution in [0, 0.1) is 0 Å². The van der Waals surface area contributed by atoms with Crippen LogP contribution in [-0.4, -0.2) is 38.0 Å². The minimum Gasteiger partial charge on any atom is -0.465 e. The molecule has 5 rings (SSSR count). The van der Waals surface area contributed by atoms with Gasteiger partial charge in [0.15, 0.2) is 11.6 Å². The van der Waals surface area contributed by atoms with Crippen molar-refractivity contribution in [3.8, 4) is 11.4 Å². The van der Waals surface area contributed by atoms with Crippen molar-refractivity contribution in [1.29, 1.82) is 0 Å². The Morgan fingerprint density at radius 1 is 1.48 bits per heavy atom. The van der Waals surface area contributed by atoms with Crippen molar-refractivity contribution in [2.45, 2.75) is 37.4 Å². The number of carbonyl (C=O) groups excluding carboxylic acids is 1. The van der Waals surface area contributed by atoms with E-state index in [4.69, 9.17) is 4.74 Å². The first-order valence-electron chi connectivity index (χ1n) is 7.46. The maximum Gasteiger partial charge on any atom is 0.320 e. The molecule has 0 aromatic carbocycles. The predicted molar refractivity (Wildman–Crippen MR) is 77.5 cm³/mol. The fourth-order valence-electron chi connectivity index (χ4n) is 3.69. The highest BCUT2D eigenvalue weighted by Crippen LogP contribution is 2.57. The summed E-state index contributed by atoms with van der Waals surface area (Å²) in [4.78, 5) is 26.3. The summed E-state index contributed by atoms with van der Waals surface area (Å²) in [5.41, 5.74) is -2.26. The van der Waals surface area contributed by atoms with Crippen molar-refractivity contribution < 1.29 is 13.9 Å². The number of esters is 1. The smallest absolute Gasteiger partial charge is 0.320 e.